The van der Waals surface area contributed by atoms with Gasteiger partial charge < -0.3 is 4.90 Å². The van der Waals surface area contributed by atoms with Gasteiger partial charge in [-0.3, -0.25) is 4.79 Å². The van der Waals surface area contributed by atoms with Crippen LogP contribution in [0.4, 0.5) is 8.78 Å². The predicted octanol–water partition coefficient (Wildman–Crippen LogP) is 3.37. The summed E-state index contributed by atoms with van der Waals surface area (Å²) in [7, 11) is 0. The normalized spacial score (nSPS) is 10.5. The fourth-order valence-electron chi connectivity index (χ4n) is 1.75. The van der Waals surface area contributed by atoms with Crippen LogP contribution in [0, 0.1) is 11.6 Å². The first kappa shape index (κ1) is 15.9. The highest BCUT2D eigenvalue weighted by atomic mass is 35.5. The van der Waals surface area contributed by atoms with Gasteiger partial charge in [0.25, 0.3) is 0 Å². The summed E-state index contributed by atoms with van der Waals surface area (Å²) in [6.07, 6.45) is 1.79. The molecule has 0 aliphatic carbocycles. The molecule has 0 spiro atoms. The third-order valence-corrected chi connectivity index (χ3v) is 3.01. The number of hydrogen-bond acceptors (Lipinski definition) is 1. The molecule has 0 atom stereocenters. The standard InChI is InChI=1S/C14H18ClF2NO/c1-2-3-7-18(8-6-15)14(19)9-11-4-5-12(16)10-13(11)17/h4-5,10H,2-3,6-9H2,1H3. The molecule has 0 heterocycles. The lowest BCUT2D eigenvalue weighted by Gasteiger charge is -2.21. The summed E-state index contributed by atoms with van der Waals surface area (Å²) in [6, 6.07) is 3.26. The fraction of sp³-hybridized carbons (Fsp3) is 0.500. The van der Waals surface area contributed by atoms with Crippen LogP contribution in [0.2, 0.25) is 0 Å². The molecule has 5 heteroatoms. The van der Waals surface area contributed by atoms with Crippen LogP contribution >= 0.6 is 11.6 Å². The minimum Gasteiger partial charge on any atom is -0.341 e. The van der Waals surface area contributed by atoms with Crippen molar-refractivity contribution in [1.82, 2.24) is 4.90 Å². The van der Waals surface area contributed by atoms with Crippen LogP contribution in [0.25, 0.3) is 0 Å². The van der Waals surface area contributed by atoms with Crippen molar-refractivity contribution in [2.45, 2.75) is 26.2 Å². The van der Waals surface area contributed by atoms with Crippen LogP contribution in [-0.4, -0.2) is 29.8 Å². The number of carbonyl (C=O) groups excluding carboxylic acids is 1. The second-order valence-corrected chi connectivity index (χ2v) is 4.71. The molecule has 0 radical (unpaired) electrons. The monoisotopic (exact) mass is 289 g/mol. The maximum absolute atomic E-state index is 13.5. The number of hydrogen-bond donors (Lipinski definition) is 0. The Morgan fingerprint density at radius 3 is 2.63 bits per heavy atom. The molecule has 0 bridgehead atoms. The predicted molar refractivity (Wildman–Crippen MR) is 72.3 cm³/mol. The fourth-order valence-corrected chi connectivity index (χ4v) is 1.96. The van der Waals surface area contributed by atoms with E-state index in [4.69, 9.17) is 11.6 Å². The van der Waals surface area contributed by atoms with E-state index in [0.717, 1.165) is 25.0 Å². The van der Waals surface area contributed by atoms with Gasteiger partial charge in [0, 0.05) is 25.0 Å². The van der Waals surface area contributed by atoms with E-state index in [0.29, 0.717) is 19.0 Å². The largest absolute Gasteiger partial charge is 0.341 e. The summed E-state index contributed by atoms with van der Waals surface area (Å²) in [5.41, 5.74) is 0.211. The highest BCUT2D eigenvalue weighted by Gasteiger charge is 2.15. The van der Waals surface area contributed by atoms with Gasteiger partial charge in [0.05, 0.1) is 6.42 Å². The minimum absolute atomic E-state index is 0.0628. The molecule has 1 aromatic carbocycles. The number of halogens is 3. The van der Waals surface area contributed by atoms with E-state index in [9.17, 15) is 13.6 Å². The molecule has 19 heavy (non-hydrogen) atoms. The molecule has 2 nitrogen and oxygen atoms in total. The Labute approximate surface area is 117 Å². The van der Waals surface area contributed by atoms with Crippen molar-refractivity contribution in [2.75, 3.05) is 19.0 Å². The van der Waals surface area contributed by atoms with Gasteiger partial charge in [-0.2, -0.15) is 0 Å². The molecular weight excluding hydrogens is 272 g/mol. The summed E-state index contributed by atoms with van der Waals surface area (Å²) in [5, 5.41) is 0. The summed E-state index contributed by atoms with van der Waals surface area (Å²) >= 11 is 5.66. The summed E-state index contributed by atoms with van der Waals surface area (Å²) in [6.45, 7) is 3.09. The highest BCUT2D eigenvalue weighted by Crippen LogP contribution is 2.12. The Morgan fingerprint density at radius 2 is 2.05 bits per heavy atom. The van der Waals surface area contributed by atoms with E-state index < -0.39 is 11.6 Å². The molecule has 0 fully saturated rings. The smallest absolute Gasteiger partial charge is 0.227 e. The molecule has 1 amide bonds. The molecule has 0 N–H and O–H groups in total. The van der Waals surface area contributed by atoms with Gasteiger partial charge >= 0.3 is 0 Å². The van der Waals surface area contributed by atoms with Crippen LogP contribution < -0.4 is 0 Å². The number of nitrogens with zero attached hydrogens (tertiary/aromatic N) is 1. The van der Waals surface area contributed by atoms with Crippen molar-refractivity contribution in [3.05, 3.63) is 35.4 Å². The molecule has 1 rings (SSSR count). The Hall–Kier alpha value is -1.16. The van der Waals surface area contributed by atoms with Crippen molar-refractivity contribution >= 4 is 17.5 Å². The molecule has 0 saturated heterocycles. The van der Waals surface area contributed by atoms with E-state index >= 15 is 0 Å². The second kappa shape index (κ2) is 8.10. The first-order valence-electron chi connectivity index (χ1n) is 6.36. The SMILES string of the molecule is CCCCN(CCCl)C(=O)Cc1ccc(F)cc1F. The quantitative estimate of drug-likeness (QED) is 0.705. The van der Waals surface area contributed by atoms with Gasteiger partial charge in [-0.05, 0) is 18.1 Å². The third-order valence-electron chi connectivity index (χ3n) is 2.85. The first-order chi connectivity index (χ1) is 9.08. The molecule has 106 valence electrons. The maximum Gasteiger partial charge on any atom is 0.227 e. The van der Waals surface area contributed by atoms with Crippen molar-refractivity contribution in [1.29, 1.82) is 0 Å². The number of unbranched alkanes of at least 4 members (excludes halogenated alkanes) is 1. The third kappa shape index (κ3) is 5.15. The first-order valence-corrected chi connectivity index (χ1v) is 6.89. The van der Waals surface area contributed by atoms with Gasteiger partial charge in [-0.1, -0.05) is 19.4 Å². The Balaban J connectivity index is 2.69. The Morgan fingerprint density at radius 1 is 1.32 bits per heavy atom. The topological polar surface area (TPSA) is 20.3 Å². The lowest BCUT2D eigenvalue weighted by molar-refractivity contribution is -0.130. The number of rotatable bonds is 7. The zero-order valence-electron chi connectivity index (χ0n) is 11.0. The van der Waals surface area contributed by atoms with E-state index in [-0.39, 0.29) is 17.9 Å². The van der Waals surface area contributed by atoms with Crippen LogP contribution in [0.15, 0.2) is 18.2 Å². The minimum atomic E-state index is -0.685. The lowest BCUT2D eigenvalue weighted by atomic mass is 10.1. The molecule has 0 aromatic heterocycles. The van der Waals surface area contributed by atoms with Gasteiger partial charge in [0.2, 0.25) is 5.91 Å². The molecule has 0 saturated carbocycles. The van der Waals surface area contributed by atoms with Crippen molar-refractivity contribution < 1.29 is 13.6 Å². The zero-order chi connectivity index (χ0) is 14.3. The summed E-state index contributed by atoms with van der Waals surface area (Å²) in [5.74, 6) is -1.16. The van der Waals surface area contributed by atoms with Crippen LogP contribution in [0.3, 0.4) is 0 Å². The molecule has 0 aliphatic heterocycles. The van der Waals surface area contributed by atoms with E-state index in [2.05, 4.69) is 0 Å². The Bertz CT molecular complexity index is 426. The van der Waals surface area contributed by atoms with Gasteiger partial charge in [0.1, 0.15) is 11.6 Å². The van der Waals surface area contributed by atoms with Crippen LogP contribution in [0.5, 0.6) is 0 Å². The van der Waals surface area contributed by atoms with Crippen LogP contribution in [-0.2, 0) is 11.2 Å². The lowest BCUT2D eigenvalue weighted by Crippen LogP contribution is -2.35. The molecule has 0 unspecified atom stereocenters. The molecule has 1 aromatic rings. The summed E-state index contributed by atoms with van der Waals surface area (Å²) < 4.78 is 26.3. The van der Waals surface area contributed by atoms with Crippen molar-refractivity contribution in [3.8, 4) is 0 Å². The van der Waals surface area contributed by atoms with Crippen LogP contribution in [0.1, 0.15) is 25.3 Å². The maximum atomic E-state index is 13.5. The van der Waals surface area contributed by atoms with E-state index in [1.165, 1.54) is 6.07 Å². The average molecular weight is 290 g/mol. The summed E-state index contributed by atoms with van der Waals surface area (Å²) in [4.78, 5) is 13.7. The highest BCUT2D eigenvalue weighted by molar-refractivity contribution is 6.18. The second-order valence-electron chi connectivity index (χ2n) is 4.34. The number of amides is 1. The van der Waals surface area contributed by atoms with Crippen molar-refractivity contribution in [3.63, 3.8) is 0 Å². The number of benzene rings is 1. The van der Waals surface area contributed by atoms with E-state index in [1.807, 2.05) is 6.92 Å². The molecule has 0 aliphatic rings. The number of alkyl halides is 1. The van der Waals surface area contributed by atoms with Gasteiger partial charge in [-0.15, -0.1) is 11.6 Å². The van der Waals surface area contributed by atoms with Crippen molar-refractivity contribution in [2.24, 2.45) is 0 Å². The Kier molecular flexibility index (Phi) is 6.78. The van der Waals surface area contributed by atoms with Gasteiger partial charge in [0.15, 0.2) is 0 Å². The number of carbonyl (C=O) groups is 1. The van der Waals surface area contributed by atoms with Gasteiger partial charge in [-0.25, -0.2) is 8.78 Å². The zero-order valence-corrected chi connectivity index (χ0v) is 11.7. The molecular formula is C14H18ClF2NO. The van der Waals surface area contributed by atoms with E-state index in [1.54, 1.807) is 4.90 Å². The average Bonchev–Trinajstić information content (AvgIpc) is 2.37.